The smallest absolute Gasteiger partial charge is 0.140 e. The van der Waals surface area contributed by atoms with Crippen LogP contribution in [0.25, 0.3) is 0 Å². The molecule has 136 valence electrons. The van der Waals surface area contributed by atoms with E-state index in [1.165, 1.54) is 50.3 Å². The molecule has 6 heteroatoms. The first-order valence-electron chi connectivity index (χ1n) is 8.77. The van der Waals surface area contributed by atoms with E-state index in [-0.39, 0.29) is 12.4 Å². The number of hydrogen-bond acceptors (Lipinski definition) is 5. The Bertz CT molecular complexity index is 682. The third-order valence-electron chi connectivity index (χ3n) is 5.22. The van der Waals surface area contributed by atoms with Crippen molar-refractivity contribution >= 4 is 23.7 Å². The van der Waals surface area contributed by atoms with Crippen LogP contribution in [0.4, 0.5) is 0 Å². The van der Waals surface area contributed by atoms with Gasteiger partial charge in [0.25, 0.3) is 0 Å². The van der Waals surface area contributed by atoms with E-state index in [0.29, 0.717) is 12.0 Å². The molecule has 0 bridgehead atoms. The second-order valence-corrected chi connectivity index (χ2v) is 8.16. The number of benzene rings is 1. The molecule has 0 aliphatic carbocycles. The van der Waals surface area contributed by atoms with Gasteiger partial charge in [0.2, 0.25) is 0 Å². The molecular weight excluding hydrogens is 354 g/mol. The average molecular weight is 380 g/mol. The highest BCUT2D eigenvalue weighted by atomic mass is 35.5. The van der Waals surface area contributed by atoms with Gasteiger partial charge in [-0.25, -0.2) is 4.98 Å². The summed E-state index contributed by atoms with van der Waals surface area (Å²) in [6.45, 7) is 8.41. The lowest BCUT2D eigenvalue weighted by Gasteiger charge is -2.22. The van der Waals surface area contributed by atoms with Crippen molar-refractivity contribution in [1.29, 1.82) is 0 Å². The summed E-state index contributed by atoms with van der Waals surface area (Å²) in [5.74, 6) is 0.910. The van der Waals surface area contributed by atoms with Gasteiger partial charge in [-0.2, -0.15) is 0 Å². The summed E-state index contributed by atoms with van der Waals surface area (Å²) in [6, 6.07) is 8.18. The molecule has 25 heavy (non-hydrogen) atoms. The standard InChI is InChI=1S/C19H25N3OS.ClH/c1-15-2-4-17(5-3-15)23-11-18-21-16(12-24-18)10-22-9-7-19(14-22)6-8-20-13-19;/h2-5,12,20H,6-11,13-14H2,1H3;1H. The van der Waals surface area contributed by atoms with Crippen LogP contribution in [-0.4, -0.2) is 36.1 Å². The molecule has 0 radical (unpaired) electrons. The maximum absolute atomic E-state index is 5.83. The molecule has 1 atom stereocenters. The van der Waals surface area contributed by atoms with Gasteiger partial charge in [-0.05, 0) is 50.4 Å². The molecule has 1 unspecified atom stereocenters. The zero-order valence-electron chi connectivity index (χ0n) is 14.7. The number of nitrogens with one attached hydrogen (secondary N) is 1. The number of thiazole rings is 1. The zero-order chi connectivity index (χ0) is 16.4. The lowest BCUT2D eigenvalue weighted by atomic mass is 9.87. The summed E-state index contributed by atoms with van der Waals surface area (Å²) < 4.78 is 5.83. The summed E-state index contributed by atoms with van der Waals surface area (Å²) in [5, 5.41) is 6.77. The second kappa shape index (κ2) is 8.04. The Hall–Kier alpha value is -1.14. The first kappa shape index (κ1) is 18.6. The Balaban J connectivity index is 0.00000182. The number of aryl methyl sites for hydroxylation is 1. The molecule has 1 N–H and O–H groups in total. The molecule has 1 aromatic carbocycles. The summed E-state index contributed by atoms with van der Waals surface area (Å²) in [4.78, 5) is 7.32. The lowest BCUT2D eigenvalue weighted by molar-refractivity contribution is 0.266. The largest absolute Gasteiger partial charge is 0.486 e. The van der Waals surface area contributed by atoms with Crippen molar-refractivity contribution in [3.05, 3.63) is 45.9 Å². The normalized spacial score (nSPS) is 23.1. The van der Waals surface area contributed by atoms with Crippen LogP contribution in [0.15, 0.2) is 29.6 Å². The minimum absolute atomic E-state index is 0. The highest BCUT2D eigenvalue weighted by Crippen LogP contribution is 2.36. The van der Waals surface area contributed by atoms with Crippen molar-refractivity contribution in [2.45, 2.75) is 32.9 Å². The maximum atomic E-state index is 5.83. The first-order valence-corrected chi connectivity index (χ1v) is 9.65. The fourth-order valence-electron chi connectivity index (χ4n) is 3.80. The summed E-state index contributed by atoms with van der Waals surface area (Å²) >= 11 is 1.70. The number of hydrogen-bond donors (Lipinski definition) is 1. The number of aromatic nitrogens is 1. The van der Waals surface area contributed by atoms with Gasteiger partial charge in [-0.1, -0.05) is 17.7 Å². The predicted octanol–water partition coefficient (Wildman–Crippen LogP) is 3.64. The first-order chi connectivity index (χ1) is 11.7. The van der Waals surface area contributed by atoms with Gasteiger partial charge < -0.3 is 10.1 Å². The Labute approximate surface area is 160 Å². The van der Waals surface area contributed by atoms with Gasteiger partial charge in [0.15, 0.2) is 0 Å². The minimum Gasteiger partial charge on any atom is -0.486 e. The van der Waals surface area contributed by atoms with Gasteiger partial charge in [-0.3, -0.25) is 4.90 Å². The molecular formula is C19H26ClN3OS. The second-order valence-electron chi connectivity index (χ2n) is 7.22. The van der Waals surface area contributed by atoms with E-state index in [0.717, 1.165) is 17.3 Å². The van der Waals surface area contributed by atoms with Crippen LogP contribution >= 0.6 is 23.7 Å². The van der Waals surface area contributed by atoms with Gasteiger partial charge in [0.05, 0.1) is 5.69 Å². The molecule has 4 rings (SSSR count). The lowest BCUT2D eigenvalue weighted by Crippen LogP contribution is -2.29. The van der Waals surface area contributed by atoms with Gasteiger partial charge in [0, 0.05) is 25.0 Å². The Morgan fingerprint density at radius 2 is 2.12 bits per heavy atom. The quantitative estimate of drug-likeness (QED) is 0.860. The minimum atomic E-state index is 0. The summed E-state index contributed by atoms with van der Waals surface area (Å²) in [6.07, 6.45) is 2.66. The summed E-state index contributed by atoms with van der Waals surface area (Å²) in [7, 11) is 0. The SMILES string of the molecule is Cc1ccc(OCc2nc(CN3CCC4(CCNC4)C3)cs2)cc1.Cl. The van der Waals surface area contributed by atoms with Crippen LogP contribution in [0.2, 0.25) is 0 Å². The van der Waals surface area contributed by atoms with Crippen molar-refractivity contribution in [3.8, 4) is 5.75 Å². The third kappa shape index (κ3) is 4.53. The van der Waals surface area contributed by atoms with E-state index in [2.05, 4.69) is 34.7 Å². The molecule has 0 saturated carbocycles. The number of halogens is 1. The van der Waals surface area contributed by atoms with Gasteiger partial charge in [-0.15, -0.1) is 23.7 Å². The highest BCUT2D eigenvalue weighted by molar-refractivity contribution is 7.09. The van der Waals surface area contributed by atoms with Gasteiger partial charge >= 0.3 is 0 Å². The van der Waals surface area contributed by atoms with E-state index >= 15 is 0 Å². The molecule has 1 aromatic heterocycles. The van der Waals surface area contributed by atoms with Crippen molar-refractivity contribution in [1.82, 2.24) is 15.2 Å². The van der Waals surface area contributed by atoms with E-state index in [1.54, 1.807) is 11.3 Å². The highest BCUT2D eigenvalue weighted by Gasteiger charge is 2.40. The maximum Gasteiger partial charge on any atom is 0.140 e. The molecule has 2 fully saturated rings. The molecule has 2 aromatic rings. The van der Waals surface area contributed by atoms with E-state index < -0.39 is 0 Å². The van der Waals surface area contributed by atoms with Crippen molar-refractivity contribution < 1.29 is 4.74 Å². The monoisotopic (exact) mass is 379 g/mol. The van der Waals surface area contributed by atoms with Crippen LogP contribution in [0, 0.1) is 12.3 Å². The molecule has 1 spiro atoms. The number of rotatable bonds is 5. The molecule has 3 heterocycles. The summed E-state index contributed by atoms with van der Waals surface area (Å²) in [5.41, 5.74) is 2.97. The van der Waals surface area contributed by atoms with Crippen molar-refractivity contribution in [3.63, 3.8) is 0 Å². The molecule has 2 aliphatic heterocycles. The van der Waals surface area contributed by atoms with Crippen LogP contribution in [-0.2, 0) is 13.2 Å². The van der Waals surface area contributed by atoms with Crippen LogP contribution < -0.4 is 10.1 Å². The van der Waals surface area contributed by atoms with Crippen LogP contribution in [0.1, 0.15) is 29.1 Å². The Morgan fingerprint density at radius 1 is 1.28 bits per heavy atom. The molecule has 2 saturated heterocycles. The number of ether oxygens (including phenoxy) is 1. The van der Waals surface area contributed by atoms with E-state index in [4.69, 9.17) is 9.72 Å². The number of likely N-dealkylation sites (tertiary alicyclic amines) is 1. The Morgan fingerprint density at radius 3 is 2.88 bits per heavy atom. The predicted molar refractivity (Wildman–Crippen MR) is 105 cm³/mol. The zero-order valence-corrected chi connectivity index (χ0v) is 16.3. The fraction of sp³-hybridized carbons (Fsp3) is 0.526. The van der Waals surface area contributed by atoms with Crippen LogP contribution in [0.3, 0.4) is 0 Å². The fourth-order valence-corrected chi connectivity index (χ4v) is 4.50. The number of nitrogens with zero attached hydrogens (tertiary/aromatic N) is 2. The van der Waals surface area contributed by atoms with Crippen LogP contribution in [0.5, 0.6) is 5.75 Å². The average Bonchev–Trinajstić information content (AvgIpc) is 3.31. The van der Waals surface area contributed by atoms with Crippen molar-refractivity contribution in [2.24, 2.45) is 5.41 Å². The van der Waals surface area contributed by atoms with Gasteiger partial charge in [0.1, 0.15) is 17.4 Å². The third-order valence-corrected chi connectivity index (χ3v) is 6.09. The van der Waals surface area contributed by atoms with E-state index in [1.807, 2.05) is 12.1 Å². The van der Waals surface area contributed by atoms with E-state index in [9.17, 15) is 0 Å². The molecule has 4 nitrogen and oxygen atoms in total. The topological polar surface area (TPSA) is 37.4 Å². The molecule has 2 aliphatic rings. The van der Waals surface area contributed by atoms with Crippen molar-refractivity contribution in [2.75, 3.05) is 26.2 Å². The molecule has 0 amide bonds. The Kier molecular flexibility index (Phi) is 6.00.